The summed E-state index contributed by atoms with van der Waals surface area (Å²) in [7, 11) is 0. The van der Waals surface area contributed by atoms with Crippen LogP contribution in [0.5, 0.6) is 0 Å². The van der Waals surface area contributed by atoms with Crippen molar-refractivity contribution in [3.63, 3.8) is 0 Å². The van der Waals surface area contributed by atoms with Gasteiger partial charge in [0.25, 0.3) is 0 Å². The van der Waals surface area contributed by atoms with Gasteiger partial charge in [-0.15, -0.1) is 0 Å². The molecule has 0 aromatic carbocycles. The molecule has 0 saturated heterocycles. The van der Waals surface area contributed by atoms with E-state index in [0.717, 1.165) is 32.5 Å². The van der Waals surface area contributed by atoms with Crippen molar-refractivity contribution in [3.8, 4) is 0 Å². The monoisotopic (exact) mass is 304 g/mol. The fraction of sp³-hybridized carbons (Fsp3) is 0.714. The van der Waals surface area contributed by atoms with Crippen molar-refractivity contribution in [1.82, 2.24) is 4.31 Å². The first-order valence-electron chi connectivity index (χ1n) is 7.00. The van der Waals surface area contributed by atoms with E-state index in [0.29, 0.717) is 13.2 Å². The molecule has 0 saturated carbocycles. The lowest BCUT2D eigenvalue weighted by Gasteiger charge is -2.27. The zero-order chi connectivity index (χ0) is 15.2. The van der Waals surface area contributed by atoms with Gasteiger partial charge < -0.3 is 18.3 Å². The maximum absolute atomic E-state index is 11.1. The zero-order valence-corrected chi connectivity index (χ0v) is 13.3. The highest BCUT2D eigenvalue weighted by Crippen LogP contribution is 2.09. The van der Waals surface area contributed by atoms with Crippen LogP contribution in [0.3, 0.4) is 0 Å². The molecule has 2 atom stereocenters. The summed E-state index contributed by atoms with van der Waals surface area (Å²) >= 11 is -2.30. The highest BCUT2D eigenvalue weighted by Gasteiger charge is 2.12. The van der Waals surface area contributed by atoms with Gasteiger partial charge in [-0.25, -0.2) is 0 Å². The summed E-state index contributed by atoms with van der Waals surface area (Å²) in [5.74, 6) is 0. The van der Waals surface area contributed by atoms with Gasteiger partial charge in [-0.3, -0.25) is 4.21 Å². The van der Waals surface area contributed by atoms with Crippen LogP contribution in [0, 0.1) is 0 Å². The molecule has 1 unspecified atom stereocenters. The van der Waals surface area contributed by atoms with E-state index in [1.165, 1.54) is 16.6 Å². The molecule has 0 fully saturated rings. The number of nitrogens with zero attached hydrogens (tertiary/aromatic N) is 1. The van der Waals surface area contributed by atoms with Crippen molar-refractivity contribution in [1.29, 1.82) is 0 Å². The molecule has 20 heavy (non-hydrogen) atoms. The summed E-state index contributed by atoms with van der Waals surface area (Å²) in [5.41, 5.74) is 0. The summed E-state index contributed by atoms with van der Waals surface area (Å²) < 4.78 is 34.3. The van der Waals surface area contributed by atoms with E-state index in [9.17, 15) is 8.76 Å². The van der Waals surface area contributed by atoms with Crippen LogP contribution < -0.4 is 0 Å². The first kappa shape index (κ1) is 19.3. The number of rotatable bonds is 13. The van der Waals surface area contributed by atoms with Gasteiger partial charge in [-0.2, -0.15) is 0 Å². The minimum Gasteiger partial charge on any atom is -0.755 e. The lowest BCUT2D eigenvalue weighted by Crippen LogP contribution is -2.31. The Balaban J connectivity index is 4.23. The van der Waals surface area contributed by atoms with Gasteiger partial charge in [0, 0.05) is 37.3 Å². The fourth-order valence-corrected chi connectivity index (χ4v) is 2.17. The largest absolute Gasteiger partial charge is 0.755 e. The second-order valence-corrected chi connectivity index (χ2v) is 5.07. The van der Waals surface area contributed by atoms with Crippen LogP contribution in [-0.2, 0) is 20.7 Å². The van der Waals surface area contributed by atoms with Crippen LogP contribution in [0.25, 0.3) is 0 Å². The van der Waals surface area contributed by atoms with Gasteiger partial charge in [-0.05, 0) is 39.2 Å². The van der Waals surface area contributed by atoms with Gasteiger partial charge in [0.05, 0.1) is 12.6 Å². The molecule has 0 aliphatic heterocycles. The van der Waals surface area contributed by atoms with Crippen LogP contribution in [0.15, 0.2) is 24.9 Å². The average molecular weight is 304 g/mol. The average Bonchev–Trinajstić information content (AvgIpc) is 2.42. The van der Waals surface area contributed by atoms with E-state index in [1.807, 2.05) is 13.8 Å². The van der Waals surface area contributed by atoms with Gasteiger partial charge >= 0.3 is 0 Å². The van der Waals surface area contributed by atoms with Crippen molar-refractivity contribution in [2.24, 2.45) is 0 Å². The lowest BCUT2D eigenvalue weighted by atomic mass is 10.1. The topological polar surface area (TPSA) is 61.8 Å². The molecule has 0 N–H and O–H groups in total. The molecular weight excluding hydrogens is 278 g/mol. The number of ether oxygens (including phenoxy) is 2. The Kier molecular flexibility index (Phi) is 12.8. The van der Waals surface area contributed by atoms with Crippen molar-refractivity contribution >= 4 is 11.3 Å². The summed E-state index contributed by atoms with van der Waals surface area (Å²) in [6.45, 7) is 9.76. The van der Waals surface area contributed by atoms with Crippen LogP contribution in [0.1, 0.15) is 33.1 Å². The molecule has 0 heterocycles. The summed E-state index contributed by atoms with van der Waals surface area (Å²) in [5, 5.41) is 0. The Morgan fingerprint density at radius 3 is 2.65 bits per heavy atom. The second-order valence-electron chi connectivity index (χ2n) is 4.16. The molecular formula is C14H26NO4S-. The molecule has 118 valence electrons. The highest BCUT2D eigenvalue weighted by atomic mass is 32.2. The molecule has 5 nitrogen and oxygen atoms in total. The normalized spacial score (nSPS) is 14.3. The third-order valence-electron chi connectivity index (χ3n) is 2.63. The number of hydrogen-bond acceptors (Lipinski definition) is 4. The van der Waals surface area contributed by atoms with Crippen LogP contribution in [0.4, 0.5) is 0 Å². The number of unbranched alkanes of at least 4 members (excludes halogenated alkanes) is 1. The Labute approximate surface area is 125 Å². The third kappa shape index (κ3) is 10.1. The van der Waals surface area contributed by atoms with Crippen molar-refractivity contribution in [3.05, 3.63) is 24.9 Å². The van der Waals surface area contributed by atoms with E-state index < -0.39 is 11.3 Å². The SMILES string of the molecule is C=C/C=C/N(C[C@H](CCCCOCC)OCC)S(=O)[O-]. The standard InChI is InChI=1S/C14H27NO4S/c1-4-7-11-15(20(16)17)13-14(19-6-3)10-8-9-12-18-5-2/h4,7,11,14H,1,5-6,8-10,12-13H2,2-3H3,(H,16,17)/p-1/b11-7+/t14-/m0/s1. The maximum Gasteiger partial charge on any atom is 0.0760 e. The van der Waals surface area contributed by atoms with Gasteiger partial charge in [0.15, 0.2) is 0 Å². The van der Waals surface area contributed by atoms with Gasteiger partial charge in [-0.1, -0.05) is 12.7 Å². The second kappa shape index (κ2) is 13.3. The maximum atomic E-state index is 11.1. The van der Waals surface area contributed by atoms with Crippen LogP contribution in [0.2, 0.25) is 0 Å². The summed E-state index contributed by atoms with van der Waals surface area (Å²) in [6, 6.07) is 0. The van der Waals surface area contributed by atoms with E-state index in [2.05, 4.69) is 6.58 Å². The van der Waals surface area contributed by atoms with Crippen LogP contribution >= 0.6 is 0 Å². The van der Waals surface area contributed by atoms with Crippen LogP contribution in [-0.4, -0.2) is 45.5 Å². The number of hydrogen-bond donors (Lipinski definition) is 0. The van der Waals surface area contributed by atoms with Crippen molar-refractivity contribution in [2.45, 2.75) is 39.2 Å². The Morgan fingerprint density at radius 1 is 1.35 bits per heavy atom. The van der Waals surface area contributed by atoms with E-state index in [4.69, 9.17) is 9.47 Å². The summed E-state index contributed by atoms with van der Waals surface area (Å²) in [6.07, 6.45) is 7.24. The van der Waals surface area contributed by atoms with E-state index in [-0.39, 0.29) is 6.10 Å². The molecule has 6 heteroatoms. The predicted octanol–water partition coefficient (Wildman–Crippen LogP) is 2.39. The highest BCUT2D eigenvalue weighted by molar-refractivity contribution is 7.76. The lowest BCUT2D eigenvalue weighted by molar-refractivity contribution is 0.0446. The van der Waals surface area contributed by atoms with Crippen molar-refractivity contribution < 1.29 is 18.2 Å². The fourth-order valence-electron chi connectivity index (χ4n) is 1.71. The van der Waals surface area contributed by atoms with Crippen molar-refractivity contribution in [2.75, 3.05) is 26.4 Å². The molecule has 0 bridgehead atoms. The Hall–Kier alpha value is -0.690. The molecule has 0 aromatic heterocycles. The molecule has 0 aliphatic rings. The van der Waals surface area contributed by atoms with E-state index >= 15 is 0 Å². The quantitative estimate of drug-likeness (QED) is 0.298. The van der Waals surface area contributed by atoms with Gasteiger partial charge in [0.2, 0.25) is 0 Å². The number of allylic oxidation sites excluding steroid dienone is 2. The third-order valence-corrected chi connectivity index (χ3v) is 3.29. The smallest absolute Gasteiger partial charge is 0.0760 e. The minimum absolute atomic E-state index is 0.103. The molecule has 0 aliphatic carbocycles. The Bertz CT molecular complexity index is 297. The first-order valence-corrected chi connectivity index (χ1v) is 8.03. The zero-order valence-electron chi connectivity index (χ0n) is 12.5. The molecule has 0 amide bonds. The molecule has 0 radical (unpaired) electrons. The van der Waals surface area contributed by atoms with E-state index in [1.54, 1.807) is 6.08 Å². The molecule has 0 aromatic rings. The summed E-state index contributed by atoms with van der Waals surface area (Å²) in [4.78, 5) is 0. The first-order chi connectivity index (χ1) is 9.65. The molecule has 0 spiro atoms. The Morgan fingerprint density at radius 2 is 2.10 bits per heavy atom. The molecule has 0 rings (SSSR count). The minimum atomic E-state index is -2.30. The van der Waals surface area contributed by atoms with Gasteiger partial charge in [0.1, 0.15) is 0 Å². The predicted molar refractivity (Wildman–Crippen MR) is 80.7 cm³/mol.